The first-order valence-corrected chi connectivity index (χ1v) is 9.68. The van der Waals surface area contributed by atoms with Crippen molar-refractivity contribution in [1.29, 1.82) is 0 Å². The van der Waals surface area contributed by atoms with E-state index in [2.05, 4.69) is 32.9 Å². The van der Waals surface area contributed by atoms with Gasteiger partial charge in [0.15, 0.2) is 0 Å². The summed E-state index contributed by atoms with van der Waals surface area (Å²) in [7, 11) is 2.12. The Morgan fingerprint density at radius 1 is 1.32 bits per heavy atom. The molecule has 1 aliphatic carbocycles. The van der Waals surface area contributed by atoms with Crippen LogP contribution in [0.5, 0.6) is 0 Å². The van der Waals surface area contributed by atoms with Crippen molar-refractivity contribution < 1.29 is 9.90 Å². The fourth-order valence-electron chi connectivity index (χ4n) is 4.12. The fourth-order valence-corrected chi connectivity index (χ4v) is 4.12. The van der Waals surface area contributed by atoms with E-state index in [-0.39, 0.29) is 6.04 Å². The lowest BCUT2D eigenvalue weighted by atomic mass is 9.91. The number of amides is 1. The third-order valence-electron chi connectivity index (χ3n) is 5.43. The molecule has 0 saturated heterocycles. The van der Waals surface area contributed by atoms with E-state index in [0.29, 0.717) is 19.6 Å². The first-order chi connectivity index (χ1) is 13.6. The van der Waals surface area contributed by atoms with Crippen LogP contribution < -0.4 is 5.32 Å². The molecule has 1 atom stereocenters. The Morgan fingerprint density at radius 2 is 2.18 bits per heavy atom. The Hall–Kier alpha value is -2.93. The summed E-state index contributed by atoms with van der Waals surface area (Å²) in [5, 5.41) is 11.3. The smallest absolute Gasteiger partial charge is 0.404 e. The summed E-state index contributed by atoms with van der Waals surface area (Å²) in [6, 6.07) is 12.5. The summed E-state index contributed by atoms with van der Waals surface area (Å²) >= 11 is 0. The Bertz CT molecular complexity index is 984. The molecule has 0 aliphatic heterocycles. The largest absolute Gasteiger partial charge is 0.465 e. The molecule has 146 valence electrons. The second kappa shape index (κ2) is 7.98. The van der Waals surface area contributed by atoms with E-state index in [1.165, 1.54) is 11.3 Å². The molecule has 0 radical (unpaired) electrons. The minimum Gasteiger partial charge on any atom is -0.465 e. The highest BCUT2D eigenvalue weighted by Crippen LogP contribution is 2.32. The van der Waals surface area contributed by atoms with Crippen molar-refractivity contribution in [2.24, 2.45) is 0 Å². The number of imidazole rings is 1. The van der Waals surface area contributed by atoms with Crippen molar-refractivity contribution in [3.63, 3.8) is 0 Å². The maximum atomic E-state index is 10.8. The number of para-hydroxylation sites is 2. The Labute approximate surface area is 164 Å². The Morgan fingerprint density at radius 3 is 3.04 bits per heavy atom. The molecule has 2 N–H and O–H groups in total. The predicted molar refractivity (Wildman–Crippen MR) is 107 cm³/mol. The normalized spacial score (nSPS) is 16.3. The van der Waals surface area contributed by atoms with E-state index in [1.807, 2.05) is 36.5 Å². The van der Waals surface area contributed by atoms with Gasteiger partial charge in [0.25, 0.3) is 0 Å². The van der Waals surface area contributed by atoms with Gasteiger partial charge in [-0.1, -0.05) is 18.2 Å². The van der Waals surface area contributed by atoms with Crippen LogP contribution in [-0.2, 0) is 19.5 Å². The zero-order valence-electron chi connectivity index (χ0n) is 16.0. The zero-order valence-corrected chi connectivity index (χ0v) is 16.0. The lowest BCUT2D eigenvalue weighted by molar-refractivity contribution is 0.193. The predicted octanol–water partition coefficient (Wildman–Crippen LogP) is 3.21. The number of pyridine rings is 1. The van der Waals surface area contributed by atoms with Gasteiger partial charge >= 0.3 is 6.09 Å². The van der Waals surface area contributed by atoms with Crippen LogP contribution in [0.2, 0.25) is 0 Å². The number of aryl methyl sites for hydroxylation is 1. The number of nitrogens with zero attached hydrogens (tertiary/aromatic N) is 4. The Balaban J connectivity index is 1.60. The number of nitrogens with one attached hydrogen (secondary N) is 1. The van der Waals surface area contributed by atoms with Crippen LogP contribution in [0.1, 0.15) is 36.0 Å². The highest BCUT2D eigenvalue weighted by molar-refractivity contribution is 5.76. The third kappa shape index (κ3) is 3.71. The van der Waals surface area contributed by atoms with Crippen LogP contribution in [0.15, 0.2) is 42.6 Å². The molecule has 28 heavy (non-hydrogen) atoms. The van der Waals surface area contributed by atoms with Gasteiger partial charge in [-0.3, -0.25) is 9.88 Å². The number of fused-ring (bicyclic) bond motifs is 2. The second-order valence-electron chi connectivity index (χ2n) is 7.27. The Kier molecular flexibility index (Phi) is 5.25. The van der Waals surface area contributed by atoms with Crippen LogP contribution in [0.4, 0.5) is 4.79 Å². The van der Waals surface area contributed by atoms with Gasteiger partial charge in [-0.15, -0.1) is 0 Å². The monoisotopic (exact) mass is 379 g/mol. The van der Waals surface area contributed by atoms with Crippen molar-refractivity contribution in [2.75, 3.05) is 13.6 Å². The third-order valence-corrected chi connectivity index (χ3v) is 5.43. The van der Waals surface area contributed by atoms with Crippen LogP contribution in [-0.4, -0.2) is 44.2 Å². The standard InChI is InChI=1S/C21H25N5O2/c1-25(18-10-4-6-15-7-5-11-22-20(15)18)14-19-24-16-8-2-3-9-17(16)26(19)13-12-23-21(27)28/h2-3,5,7-9,11,18,23H,4,6,10,12-14H2,1H3,(H,27,28). The lowest BCUT2D eigenvalue weighted by Gasteiger charge is -2.32. The molecule has 2 heterocycles. The van der Waals surface area contributed by atoms with Crippen LogP contribution in [0, 0.1) is 0 Å². The minimum absolute atomic E-state index is 0.273. The van der Waals surface area contributed by atoms with Crippen LogP contribution in [0.25, 0.3) is 11.0 Å². The van der Waals surface area contributed by atoms with Crippen molar-refractivity contribution >= 4 is 17.1 Å². The van der Waals surface area contributed by atoms with Crippen LogP contribution >= 0.6 is 0 Å². The van der Waals surface area contributed by atoms with E-state index in [4.69, 9.17) is 10.1 Å². The molecule has 1 aliphatic rings. The summed E-state index contributed by atoms with van der Waals surface area (Å²) in [5.74, 6) is 0.943. The minimum atomic E-state index is -1.01. The molecule has 1 unspecified atom stereocenters. The lowest BCUT2D eigenvalue weighted by Crippen LogP contribution is -2.30. The number of hydrogen-bond acceptors (Lipinski definition) is 4. The average molecular weight is 379 g/mol. The van der Waals surface area contributed by atoms with Gasteiger partial charge in [0.05, 0.1) is 29.3 Å². The second-order valence-corrected chi connectivity index (χ2v) is 7.27. The van der Waals surface area contributed by atoms with E-state index in [1.54, 1.807) is 0 Å². The van der Waals surface area contributed by atoms with Crippen molar-refractivity contribution in [3.8, 4) is 0 Å². The number of rotatable bonds is 6. The molecule has 0 saturated carbocycles. The van der Waals surface area contributed by atoms with Gasteiger partial charge in [0.1, 0.15) is 5.82 Å². The van der Waals surface area contributed by atoms with Gasteiger partial charge in [0, 0.05) is 19.3 Å². The van der Waals surface area contributed by atoms with E-state index >= 15 is 0 Å². The first kappa shape index (κ1) is 18.4. The SMILES string of the molecule is CN(Cc1nc2ccccc2n1CCNC(=O)O)C1CCCc2cccnc21. The zero-order chi connectivity index (χ0) is 19.5. The number of aromatic nitrogens is 3. The number of benzene rings is 1. The topological polar surface area (TPSA) is 83.3 Å². The summed E-state index contributed by atoms with van der Waals surface area (Å²) in [5.41, 5.74) is 4.47. The molecule has 0 fully saturated rings. The molecule has 7 heteroatoms. The maximum absolute atomic E-state index is 10.8. The van der Waals surface area contributed by atoms with Crippen LogP contribution in [0.3, 0.4) is 0 Å². The first-order valence-electron chi connectivity index (χ1n) is 9.68. The van der Waals surface area contributed by atoms with Crippen molar-refractivity contribution in [1.82, 2.24) is 24.8 Å². The molecule has 3 aromatic rings. The molecular formula is C21H25N5O2. The fraction of sp³-hybridized carbons (Fsp3) is 0.381. The van der Waals surface area contributed by atoms with Gasteiger partial charge in [-0.05, 0) is 50.1 Å². The highest BCUT2D eigenvalue weighted by Gasteiger charge is 2.26. The molecule has 1 aromatic carbocycles. The molecular weight excluding hydrogens is 354 g/mol. The van der Waals surface area contributed by atoms with Crippen molar-refractivity contribution in [3.05, 3.63) is 59.7 Å². The molecule has 1 amide bonds. The van der Waals surface area contributed by atoms with Gasteiger partial charge < -0.3 is 15.0 Å². The summed E-state index contributed by atoms with van der Waals surface area (Å²) in [4.78, 5) is 22.6. The maximum Gasteiger partial charge on any atom is 0.404 e. The number of hydrogen-bond donors (Lipinski definition) is 2. The number of carboxylic acid groups (broad SMARTS) is 1. The van der Waals surface area contributed by atoms with Gasteiger partial charge in [0.2, 0.25) is 0 Å². The average Bonchev–Trinajstić information content (AvgIpc) is 3.04. The summed E-state index contributed by atoms with van der Waals surface area (Å²) in [6.07, 6.45) is 4.20. The van der Waals surface area contributed by atoms with E-state index < -0.39 is 6.09 Å². The molecule has 0 spiro atoms. The van der Waals surface area contributed by atoms with Gasteiger partial charge in [-0.2, -0.15) is 0 Å². The molecule has 4 rings (SSSR count). The van der Waals surface area contributed by atoms with E-state index in [0.717, 1.165) is 36.1 Å². The number of carbonyl (C=O) groups is 1. The molecule has 0 bridgehead atoms. The summed E-state index contributed by atoms with van der Waals surface area (Å²) in [6.45, 7) is 1.58. The molecule has 7 nitrogen and oxygen atoms in total. The van der Waals surface area contributed by atoms with Gasteiger partial charge in [-0.25, -0.2) is 9.78 Å². The van der Waals surface area contributed by atoms with E-state index in [9.17, 15) is 4.79 Å². The molecule has 2 aromatic heterocycles. The summed E-state index contributed by atoms with van der Waals surface area (Å²) < 4.78 is 2.12. The quantitative estimate of drug-likeness (QED) is 0.687. The highest BCUT2D eigenvalue weighted by atomic mass is 16.4. The van der Waals surface area contributed by atoms with Crippen molar-refractivity contribution in [2.45, 2.75) is 38.4 Å².